The van der Waals surface area contributed by atoms with Crippen LogP contribution < -0.4 is 15.0 Å². The summed E-state index contributed by atoms with van der Waals surface area (Å²) < 4.78 is 12.3. The van der Waals surface area contributed by atoms with E-state index in [1.807, 2.05) is 37.6 Å². The topological polar surface area (TPSA) is 52.8 Å². The highest BCUT2D eigenvalue weighted by Crippen LogP contribution is 2.27. The molecule has 5 heteroatoms. The summed E-state index contributed by atoms with van der Waals surface area (Å²) in [6.07, 6.45) is 0. The van der Waals surface area contributed by atoms with E-state index in [0.29, 0.717) is 22.6 Å². The average molecular weight is 300 g/mol. The van der Waals surface area contributed by atoms with Gasteiger partial charge < -0.3 is 14.0 Å². The molecule has 22 heavy (non-hydrogen) atoms. The van der Waals surface area contributed by atoms with Crippen LogP contribution in [0.5, 0.6) is 11.5 Å². The predicted molar refractivity (Wildman–Crippen MR) is 84.3 cm³/mol. The third kappa shape index (κ3) is 3.19. The monoisotopic (exact) mass is 300 g/mol. The molecule has 0 unspecified atom stereocenters. The Morgan fingerprint density at radius 3 is 2.36 bits per heavy atom. The molecule has 0 aliphatic rings. The number of aryl methyl sites for hydroxylation is 2. The highest BCUT2D eigenvalue weighted by atomic mass is 16.5. The van der Waals surface area contributed by atoms with Crippen molar-refractivity contribution in [2.24, 2.45) is 12.0 Å². The summed E-state index contributed by atoms with van der Waals surface area (Å²) in [5.41, 5.74) is 3.18. The molecule has 0 saturated carbocycles. The van der Waals surface area contributed by atoms with Gasteiger partial charge in [-0.25, -0.2) is 0 Å². The number of rotatable bonds is 3. The summed E-state index contributed by atoms with van der Waals surface area (Å²) in [5, 5.41) is 0. The summed E-state index contributed by atoms with van der Waals surface area (Å²) in [6.45, 7) is 3.96. The zero-order valence-electron chi connectivity index (χ0n) is 13.5. The standard InChI is InChI=1S/C17H20N2O3/c1-11-8-12(2)19(3)16(9-11)18-17(20)13-6-7-14(21-4)15(10-13)22-5/h6-10H,1-5H3. The van der Waals surface area contributed by atoms with Gasteiger partial charge in [-0.3, -0.25) is 4.79 Å². The van der Waals surface area contributed by atoms with Crippen LogP contribution in [0.25, 0.3) is 0 Å². The van der Waals surface area contributed by atoms with E-state index in [9.17, 15) is 4.79 Å². The second-order valence-corrected chi connectivity index (χ2v) is 5.08. The van der Waals surface area contributed by atoms with E-state index in [2.05, 4.69) is 4.99 Å². The fraction of sp³-hybridized carbons (Fsp3) is 0.294. The zero-order valence-corrected chi connectivity index (χ0v) is 13.5. The fourth-order valence-corrected chi connectivity index (χ4v) is 2.19. The minimum Gasteiger partial charge on any atom is -0.493 e. The van der Waals surface area contributed by atoms with Gasteiger partial charge >= 0.3 is 0 Å². The maximum absolute atomic E-state index is 12.4. The fourth-order valence-electron chi connectivity index (χ4n) is 2.19. The smallest absolute Gasteiger partial charge is 0.279 e. The Bertz CT molecular complexity index is 776. The van der Waals surface area contributed by atoms with Gasteiger partial charge in [-0.2, -0.15) is 4.99 Å². The van der Waals surface area contributed by atoms with E-state index in [1.165, 1.54) is 7.11 Å². The molecule has 116 valence electrons. The Morgan fingerprint density at radius 1 is 1.05 bits per heavy atom. The zero-order chi connectivity index (χ0) is 16.3. The van der Waals surface area contributed by atoms with Crippen LogP contribution in [0.15, 0.2) is 35.3 Å². The van der Waals surface area contributed by atoms with Crippen molar-refractivity contribution < 1.29 is 14.3 Å². The van der Waals surface area contributed by atoms with Crippen molar-refractivity contribution >= 4 is 5.91 Å². The Balaban J connectivity index is 2.47. The number of amides is 1. The minimum absolute atomic E-state index is 0.318. The molecule has 0 bridgehead atoms. The van der Waals surface area contributed by atoms with E-state index < -0.39 is 0 Å². The Morgan fingerprint density at radius 2 is 1.73 bits per heavy atom. The lowest BCUT2D eigenvalue weighted by Gasteiger charge is -2.08. The molecule has 0 atom stereocenters. The lowest BCUT2D eigenvalue weighted by molar-refractivity contribution is 0.0997. The van der Waals surface area contributed by atoms with Crippen molar-refractivity contribution in [3.8, 4) is 11.5 Å². The molecular formula is C17H20N2O3. The summed E-state index contributed by atoms with van der Waals surface area (Å²) in [5.74, 6) is 0.769. The van der Waals surface area contributed by atoms with Gasteiger partial charge in [0.05, 0.1) is 14.2 Å². The van der Waals surface area contributed by atoms with Gasteiger partial charge in [-0.1, -0.05) is 0 Å². The first-order valence-corrected chi connectivity index (χ1v) is 6.91. The third-order valence-corrected chi connectivity index (χ3v) is 3.51. The van der Waals surface area contributed by atoms with Crippen molar-refractivity contribution in [2.45, 2.75) is 13.8 Å². The largest absolute Gasteiger partial charge is 0.493 e. The van der Waals surface area contributed by atoms with Crippen LogP contribution in [0.3, 0.4) is 0 Å². The van der Waals surface area contributed by atoms with Crippen molar-refractivity contribution in [1.29, 1.82) is 0 Å². The number of methoxy groups -OCH3 is 2. The Labute approximate surface area is 129 Å². The van der Waals surface area contributed by atoms with Crippen LogP contribution in [0.1, 0.15) is 21.6 Å². The number of pyridine rings is 1. The van der Waals surface area contributed by atoms with Crippen LogP contribution in [-0.2, 0) is 7.05 Å². The molecule has 0 spiro atoms. The molecule has 0 aliphatic carbocycles. The summed E-state index contributed by atoms with van der Waals surface area (Å²) in [7, 11) is 4.97. The molecule has 2 rings (SSSR count). The number of hydrogen-bond acceptors (Lipinski definition) is 3. The number of ether oxygens (including phenoxy) is 2. The molecule has 0 aliphatic heterocycles. The molecule has 1 heterocycles. The second kappa shape index (κ2) is 6.47. The van der Waals surface area contributed by atoms with Crippen LogP contribution in [-0.4, -0.2) is 24.7 Å². The first-order chi connectivity index (χ1) is 10.5. The normalized spacial score (nSPS) is 11.4. The van der Waals surface area contributed by atoms with Crippen LogP contribution in [0.2, 0.25) is 0 Å². The van der Waals surface area contributed by atoms with Gasteiger partial charge in [0, 0.05) is 18.3 Å². The van der Waals surface area contributed by atoms with E-state index in [0.717, 1.165) is 11.3 Å². The molecule has 1 amide bonds. The maximum Gasteiger partial charge on any atom is 0.279 e. The lowest BCUT2D eigenvalue weighted by Crippen LogP contribution is -2.22. The van der Waals surface area contributed by atoms with Gasteiger partial charge in [0.15, 0.2) is 11.5 Å². The number of hydrogen-bond donors (Lipinski definition) is 0. The molecule has 5 nitrogen and oxygen atoms in total. The van der Waals surface area contributed by atoms with Crippen LogP contribution >= 0.6 is 0 Å². The Kier molecular flexibility index (Phi) is 4.65. The summed E-state index contributed by atoms with van der Waals surface area (Å²) in [6, 6.07) is 8.93. The van der Waals surface area contributed by atoms with Gasteiger partial charge in [-0.05, 0) is 49.7 Å². The van der Waals surface area contributed by atoms with E-state index in [-0.39, 0.29) is 5.91 Å². The number of carbonyl (C=O) groups is 1. The molecular weight excluding hydrogens is 280 g/mol. The van der Waals surface area contributed by atoms with Crippen molar-refractivity contribution in [2.75, 3.05) is 14.2 Å². The quantitative estimate of drug-likeness (QED) is 0.874. The Hall–Kier alpha value is -2.56. The van der Waals surface area contributed by atoms with Gasteiger partial charge in [-0.15, -0.1) is 0 Å². The molecule has 1 aromatic carbocycles. The van der Waals surface area contributed by atoms with E-state index in [1.54, 1.807) is 25.3 Å². The molecule has 2 aromatic rings. The predicted octanol–water partition coefficient (Wildman–Crippen LogP) is 2.40. The molecule has 1 aromatic heterocycles. The summed E-state index contributed by atoms with van der Waals surface area (Å²) in [4.78, 5) is 16.6. The average Bonchev–Trinajstić information content (AvgIpc) is 2.51. The highest BCUT2D eigenvalue weighted by molar-refractivity contribution is 5.95. The first kappa shape index (κ1) is 15.8. The lowest BCUT2D eigenvalue weighted by atomic mass is 10.2. The molecule has 0 N–H and O–H groups in total. The second-order valence-electron chi connectivity index (χ2n) is 5.08. The molecule has 0 saturated heterocycles. The SMILES string of the molecule is COc1ccc(C(=O)N=c2cc(C)cc(C)n2C)cc1OC. The van der Waals surface area contributed by atoms with E-state index in [4.69, 9.17) is 9.47 Å². The van der Waals surface area contributed by atoms with Crippen LogP contribution in [0, 0.1) is 13.8 Å². The molecule has 0 fully saturated rings. The number of carbonyl (C=O) groups excluding carboxylic acids is 1. The molecule has 0 radical (unpaired) electrons. The first-order valence-electron chi connectivity index (χ1n) is 6.91. The van der Waals surface area contributed by atoms with Crippen molar-refractivity contribution in [3.63, 3.8) is 0 Å². The maximum atomic E-state index is 12.4. The summed E-state index contributed by atoms with van der Waals surface area (Å²) >= 11 is 0. The van der Waals surface area contributed by atoms with Gasteiger partial charge in [0.1, 0.15) is 5.49 Å². The van der Waals surface area contributed by atoms with Gasteiger partial charge in [0.25, 0.3) is 5.91 Å². The van der Waals surface area contributed by atoms with Crippen molar-refractivity contribution in [1.82, 2.24) is 4.57 Å². The van der Waals surface area contributed by atoms with E-state index >= 15 is 0 Å². The highest BCUT2D eigenvalue weighted by Gasteiger charge is 2.10. The number of aromatic nitrogens is 1. The number of benzene rings is 1. The number of nitrogens with zero attached hydrogens (tertiary/aromatic N) is 2. The minimum atomic E-state index is -0.318. The van der Waals surface area contributed by atoms with Crippen LogP contribution in [0.4, 0.5) is 0 Å². The third-order valence-electron chi connectivity index (χ3n) is 3.51. The van der Waals surface area contributed by atoms with Gasteiger partial charge in [0.2, 0.25) is 0 Å². The van der Waals surface area contributed by atoms with Crippen molar-refractivity contribution in [3.05, 3.63) is 52.6 Å².